The fraction of sp³-hybridized carbons (Fsp3) is 0.227. The average Bonchev–Trinajstić information content (AvgIpc) is 3.17. The molecular weight excluding hydrogens is 355 g/mol. The van der Waals surface area contributed by atoms with Gasteiger partial charge in [-0.2, -0.15) is 36.1 Å². The first kappa shape index (κ1) is 21.9. The minimum atomic E-state index is 0. The third-order valence-electron chi connectivity index (χ3n) is 3.67. The molecule has 124 valence electrons. The molecule has 2 aromatic carbocycles. The van der Waals surface area contributed by atoms with Crippen molar-refractivity contribution in [1.82, 2.24) is 0 Å². The van der Waals surface area contributed by atoms with Gasteiger partial charge in [0.15, 0.2) is 0 Å². The molecule has 0 aromatic heterocycles. The van der Waals surface area contributed by atoms with Crippen molar-refractivity contribution < 1.29 is 24.2 Å². The van der Waals surface area contributed by atoms with Crippen LogP contribution in [0.5, 0.6) is 0 Å². The Morgan fingerprint density at radius 3 is 1.48 bits per heavy atom. The van der Waals surface area contributed by atoms with E-state index in [1.807, 2.05) is 6.92 Å². The van der Waals surface area contributed by atoms with E-state index in [1.165, 1.54) is 72.2 Å². The average molecular weight is 384 g/mol. The van der Waals surface area contributed by atoms with Crippen LogP contribution < -0.4 is 0 Å². The number of fused-ring (bicyclic) bond motifs is 2. The molecule has 0 N–H and O–H groups in total. The maximum Gasteiger partial charge on any atom is -0.0804 e. The second-order valence-corrected chi connectivity index (χ2v) is 6.59. The monoisotopic (exact) mass is 382 g/mol. The summed E-state index contributed by atoms with van der Waals surface area (Å²) >= 11 is 1.51. The van der Waals surface area contributed by atoms with Crippen molar-refractivity contribution in [3.05, 3.63) is 98.5 Å². The summed E-state index contributed by atoms with van der Waals surface area (Å²) in [6, 6.07) is 17.2. The second kappa shape index (κ2) is 12.4. The Bertz CT molecular complexity index is 476. The fourth-order valence-corrected chi connectivity index (χ4v) is 2.69. The summed E-state index contributed by atoms with van der Waals surface area (Å²) in [7, 11) is 0. The van der Waals surface area contributed by atoms with E-state index in [0.717, 1.165) is 0 Å². The minimum Gasteiger partial charge on any atom is -0.358 e. The summed E-state index contributed by atoms with van der Waals surface area (Å²) in [5.74, 6) is 0. The van der Waals surface area contributed by atoms with Crippen LogP contribution in [0.1, 0.15) is 42.0 Å². The van der Waals surface area contributed by atoms with E-state index < -0.39 is 0 Å². The van der Waals surface area contributed by atoms with Crippen molar-refractivity contribution in [3.63, 3.8) is 0 Å². The first-order chi connectivity index (χ1) is 10.3. The van der Waals surface area contributed by atoms with Crippen LogP contribution in [0.3, 0.4) is 0 Å². The van der Waals surface area contributed by atoms with Gasteiger partial charge in [0.2, 0.25) is 0 Å². The van der Waals surface area contributed by atoms with Gasteiger partial charge in [0.05, 0.1) is 0 Å². The predicted octanol–water partition coefficient (Wildman–Crippen LogP) is 5.63. The summed E-state index contributed by atoms with van der Waals surface area (Å²) in [5, 5.41) is 0. The van der Waals surface area contributed by atoms with Crippen LogP contribution >= 0.6 is 0 Å². The second-order valence-electron chi connectivity index (χ2n) is 5.17. The molecule has 0 saturated carbocycles. The zero-order valence-electron chi connectivity index (χ0n) is 14.7. The molecule has 0 spiro atoms. The Labute approximate surface area is 158 Å². The van der Waals surface area contributed by atoms with E-state index in [9.17, 15) is 0 Å². The van der Waals surface area contributed by atoms with Gasteiger partial charge < -0.3 is 14.9 Å². The van der Waals surface area contributed by atoms with Gasteiger partial charge >= 0.3 is 34.9 Å². The molecule has 0 bridgehead atoms. The van der Waals surface area contributed by atoms with Crippen molar-refractivity contribution in [3.8, 4) is 0 Å². The van der Waals surface area contributed by atoms with Crippen LogP contribution in [0.15, 0.2) is 48.5 Å². The summed E-state index contributed by atoms with van der Waals surface area (Å²) in [6.07, 6.45) is 9.57. The van der Waals surface area contributed by atoms with E-state index in [1.54, 1.807) is 0 Å². The van der Waals surface area contributed by atoms with E-state index in [2.05, 4.69) is 65.1 Å². The minimum absolute atomic E-state index is 0. The Morgan fingerprint density at radius 2 is 1.13 bits per heavy atom. The van der Waals surface area contributed by atoms with Crippen LogP contribution in [0.25, 0.3) is 0 Å². The molecule has 0 amide bonds. The van der Waals surface area contributed by atoms with Crippen molar-refractivity contribution in [2.45, 2.75) is 32.6 Å². The van der Waals surface area contributed by atoms with Crippen molar-refractivity contribution in [2.75, 3.05) is 0 Å². The van der Waals surface area contributed by atoms with E-state index in [-0.39, 0.29) is 14.9 Å². The molecule has 0 atom stereocenters. The maximum absolute atomic E-state index is 2.30. The molecule has 0 nitrogen and oxygen atoms in total. The van der Waals surface area contributed by atoms with Gasteiger partial charge in [-0.3, -0.25) is 0 Å². The molecule has 2 aromatic rings. The molecule has 2 aliphatic carbocycles. The predicted molar refractivity (Wildman–Crippen MR) is 101 cm³/mol. The summed E-state index contributed by atoms with van der Waals surface area (Å²) in [5.41, 5.74) is 5.91. The SMILES string of the molecule is C[CH]=[Zr].[CH3-].[CH3-].c1ccc2c(c1)[CH-]CC2.c1ccc2c(c1)[CH-]CC2. The Balaban J connectivity index is 0.000000336. The number of hydrogen-bond donors (Lipinski definition) is 0. The number of hydrogen-bond acceptors (Lipinski definition) is 0. The molecule has 0 unspecified atom stereocenters. The van der Waals surface area contributed by atoms with Crippen LogP contribution in [-0.2, 0) is 37.1 Å². The Kier molecular flexibility index (Phi) is 11.8. The molecular formula is C22H28Zr-4. The molecule has 4 rings (SSSR count). The molecule has 1 heteroatoms. The van der Waals surface area contributed by atoms with E-state index in [4.69, 9.17) is 0 Å². The molecule has 0 radical (unpaired) electrons. The van der Waals surface area contributed by atoms with E-state index in [0.29, 0.717) is 0 Å². The van der Waals surface area contributed by atoms with Crippen molar-refractivity contribution in [1.29, 1.82) is 0 Å². The maximum atomic E-state index is 2.30. The standard InChI is InChI=1S/2C9H9.C2H4.2CH3.Zr/c2*1-2-5-9-7-3-6-8(9)4-1;1-2;;;/h2*1-2,4-6H,3,7H2;1H,2H3;2*1H3;/q2*-1;;2*-1;. The quantitative estimate of drug-likeness (QED) is 0.517. The first-order valence-corrected chi connectivity index (χ1v) is 9.04. The summed E-state index contributed by atoms with van der Waals surface area (Å²) in [6.45, 7) is 2.04. The molecule has 23 heavy (non-hydrogen) atoms. The summed E-state index contributed by atoms with van der Waals surface area (Å²) in [4.78, 5) is 0. The molecule has 0 aliphatic heterocycles. The summed E-state index contributed by atoms with van der Waals surface area (Å²) < 4.78 is 2.09. The zero-order valence-corrected chi connectivity index (χ0v) is 17.1. The topological polar surface area (TPSA) is 0 Å². The number of rotatable bonds is 0. The smallest absolute Gasteiger partial charge is 0.0804 e. The Hall–Kier alpha value is -1.07. The fourth-order valence-electron chi connectivity index (χ4n) is 2.69. The van der Waals surface area contributed by atoms with Crippen LogP contribution in [0.4, 0.5) is 0 Å². The molecule has 0 saturated heterocycles. The molecule has 0 fully saturated rings. The largest absolute Gasteiger partial charge is 0.358 e. The van der Waals surface area contributed by atoms with Gasteiger partial charge in [-0.15, -0.1) is 35.4 Å². The molecule has 2 aliphatic rings. The van der Waals surface area contributed by atoms with Gasteiger partial charge in [0.1, 0.15) is 0 Å². The zero-order chi connectivity index (χ0) is 14.9. The third kappa shape index (κ3) is 6.92. The van der Waals surface area contributed by atoms with Crippen molar-refractivity contribution >= 4 is 3.71 Å². The van der Waals surface area contributed by atoms with E-state index >= 15 is 0 Å². The van der Waals surface area contributed by atoms with Crippen LogP contribution in [0.2, 0.25) is 0 Å². The number of benzene rings is 2. The van der Waals surface area contributed by atoms with Gasteiger partial charge in [0.25, 0.3) is 0 Å². The number of aryl methyl sites for hydroxylation is 2. The van der Waals surface area contributed by atoms with Gasteiger partial charge in [-0.05, 0) is 0 Å². The third-order valence-corrected chi connectivity index (χ3v) is 3.67. The van der Waals surface area contributed by atoms with Gasteiger partial charge in [0, 0.05) is 0 Å². The van der Waals surface area contributed by atoms with Crippen molar-refractivity contribution in [2.24, 2.45) is 0 Å². The normalized spacial score (nSPS) is 12.0. The van der Waals surface area contributed by atoms with Crippen LogP contribution in [-0.4, -0.2) is 3.71 Å². The van der Waals surface area contributed by atoms with Gasteiger partial charge in [-0.1, -0.05) is 37.8 Å². The first-order valence-electron chi connectivity index (χ1n) is 7.62. The van der Waals surface area contributed by atoms with Crippen LogP contribution in [0, 0.1) is 27.7 Å². The molecule has 0 heterocycles. The van der Waals surface area contributed by atoms with Gasteiger partial charge in [-0.25, -0.2) is 0 Å². The Morgan fingerprint density at radius 1 is 0.783 bits per heavy atom.